The molecule has 8 heterocycles. The zero-order valence-electron chi connectivity index (χ0n) is 58.4. The number of halogens is 14. The van der Waals surface area contributed by atoms with Gasteiger partial charge in [-0.25, -0.2) is 67.8 Å². The van der Waals surface area contributed by atoms with Gasteiger partial charge < -0.3 is 48.3 Å². The molecule has 0 bridgehead atoms. The van der Waals surface area contributed by atoms with Crippen LogP contribution >= 0.6 is 83.4 Å². The summed E-state index contributed by atoms with van der Waals surface area (Å²) in [6.45, 7) is 12.6. The van der Waals surface area contributed by atoms with Crippen LogP contribution in [0.4, 0.5) is 44.7 Å². The fourth-order valence-electron chi connectivity index (χ4n) is 10.2. The molecule has 0 radical (unpaired) electrons. The van der Waals surface area contributed by atoms with E-state index in [1.54, 1.807) is 139 Å². The largest absolute Gasteiger partial charge is 0.471 e. The van der Waals surface area contributed by atoms with Gasteiger partial charge in [0.2, 0.25) is 11.8 Å². The van der Waals surface area contributed by atoms with Crippen LogP contribution in [0, 0.1) is 0 Å². The zero-order valence-corrected chi connectivity index (χ0v) is 65.5. The number of aromatic nitrogens is 8. The predicted molar refractivity (Wildman–Crippen MR) is 389 cm³/mol. The molecule has 6 atom stereocenters. The van der Waals surface area contributed by atoms with E-state index >= 15 is 0 Å². The highest BCUT2D eigenvalue weighted by Gasteiger charge is 2.46. The van der Waals surface area contributed by atoms with Crippen molar-refractivity contribution in [2.75, 3.05) is 54.2 Å². The second-order valence-electron chi connectivity index (χ2n) is 25.3. The fraction of sp³-hybridized carbons (Fsp3) is 0.456. The van der Waals surface area contributed by atoms with Crippen molar-refractivity contribution in [3.05, 3.63) is 130 Å². The zero-order chi connectivity index (χ0) is 78.2. The van der Waals surface area contributed by atoms with Gasteiger partial charge in [-0.3, -0.25) is 14.6 Å². The van der Waals surface area contributed by atoms with E-state index in [9.17, 15) is 64.2 Å². The average Bonchev–Trinajstić information content (AvgIpc) is 1.77. The third-order valence-corrected chi connectivity index (χ3v) is 16.5. The summed E-state index contributed by atoms with van der Waals surface area (Å²) < 4.78 is 147. The topological polar surface area (TPSA) is 301 Å². The summed E-state index contributed by atoms with van der Waals surface area (Å²) in [5, 5.41) is 11.9. The van der Waals surface area contributed by atoms with Gasteiger partial charge in [-0.1, -0.05) is 71.7 Å². The Labute approximate surface area is 648 Å². The van der Waals surface area contributed by atoms with E-state index in [1.165, 1.54) is 44.0 Å². The fourth-order valence-corrected chi connectivity index (χ4v) is 11.6. The molecular formula is C68H73Br3Cl3F8N11O14. The van der Waals surface area contributed by atoms with Crippen molar-refractivity contribution in [2.45, 2.75) is 142 Å². The number of hydrogen-bond donors (Lipinski definition) is 2. The number of hydrogen-bond acceptors (Lipinski definition) is 23. The summed E-state index contributed by atoms with van der Waals surface area (Å²) in [5.41, 5.74) is -0.500. The third kappa shape index (κ3) is 25.8. The van der Waals surface area contributed by atoms with Crippen molar-refractivity contribution in [2.24, 2.45) is 0 Å². The number of esters is 3. The Hall–Kier alpha value is -7.58. The van der Waals surface area contributed by atoms with Crippen LogP contribution in [-0.4, -0.2) is 187 Å². The first-order valence-electron chi connectivity index (χ1n) is 32.1. The molecule has 12 rings (SSSR count). The van der Waals surface area contributed by atoms with Crippen molar-refractivity contribution in [3.63, 3.8) is 0 Å². The van der Waals surface area contributed by atoms with Crippen molar-refractivity contribution >= 4 is 158 Å². The number of nitrogens with zero attached hydrogens (tertiary/aromatic N) is 10. The van der Waals surface area contributed by atoms with Gasteiger partial charge in [0.25, 0.3) is 6.43 Å². The number of nitrogens with one attached hydrogen (secondary N) is 1. The lowest BCUT2D eigenvalue weighted by Gasteiger charge is -2.27. The molecule has 4 aromatic heterocycles. The van der Waals surface area contributed by atoms with Crippen molar-refractivity contribution in [1.82, 2.24) is 55.0 Å². The van der Waals surface area contributed by atoms with Crippen LogP contribution in [0.5, 0.6) is 11.8 Å². The minimum absolute atomic E-state index is 0. The van der Waals surface area contributed by atoms with Gasteiger partial charge in [-0.05, 0) is 151 Å². The minimum atomic E-state index is -3.50. The Morgan fingerprint density at radius 3 is 1.24 bits per heavy atom. The quantitative estimate of drug-likeness (QED) is 0.0526. The molecule has 0 saturated carbocycles. The molecule has 2 amide bonds. The number of rotatable bonds is 11. The Bertz CT molecular complexity index is 4370. The lowest BCUT2D eigenvalue weighted by atomic mass is 10.2. The smallest absolute Gasteiger partial charge is 0.411 e. The summed E-state index contributed by atoms with van der Waals surface area (Å²) >= 11 is 18.0. The summed E-state index contributed by atoms with van der Waals surface area (Å²) in [5.74, 6) is -2.26. The van der Waals surface area contributed by atoms with Gasteiger partial charge in [0.15, 0.2) is 27.4 Å². The molecule has 4 aromatic carbocycles. The van der Waals surface area contributed by atoms with Crippen molar-refractivity contribution in [1.29, 1.82) is 0 Å². The molecule has 4 saturated heterocycles. The van der Waals surface area contributed by atoms with Gasteiger partial charge in [-0.2, -0.15) is 26.3 Å². The number of para-hydroxylation sites is 8. The number of benzene rings is 4. The molecule has 2 N–H and O–H groups in total. The van der Waals surface area contributed by atoms with Crippen LogP contribution in [0.25, 0.3) is 44.1 Å². The number of likely N-dealkylation sites (tertiary alicyclic amines) is 2. The Kier molecular flexibility index (Phi) is 31.9. The Morgan fingerprint density at radius 1 is 0.514 bits per heavy atom. The molecule has 8 aromatic rings. The number of carbonyl (C=O) groups excluding carboxylic acids is 5. The summed E-state index contributed by atoms with van der Waals surface area (Å²) in [4.78, 5) is 83.2. The number of fused-ring (bicyclic) bond motifs is 4. The van der Waals surface area contributed by atoms with Gasteiger partial charge in [0.1, 0.15) is 47.2 Å². The molecule has 4 fully saturated rings. The van der Waals surface area contributed by atoms with E-state index in [2.05, 4.69) is 102 Å². The van der Waals surface area contributed by atoms with E-state index in [4.69, 9.17) is 51.6 Å². The molecule has 0 spiro atoms. The molecule has 0 unspecified atom stereocenters. The maximum atomic E-state index is 14.1. The highest BCUT2D eigenvalue weighted by atomic mass is 79.9. The minimum Gasteiger partial charge on any atom is -0.471 e. The average molecular weight is 1770 g/mol. The van der Waals surface area contributed by atoms with Crippen LogP contribution in [-0.2, 0) is 57.3 Å². The number of aliphatic hydroxyl groups is 1. The Balaban J connectivity index is 0.000000211. The van der Waals surface area contributed by atoms with Crippen molar-refractivity contribution in [3.8, 4) is 11.8 Å². The molecule has 0 aliphatic carbocycles. The Morgan fingerprint density at radius 2 is 0.869 bits per heavy atom. The number of β-amino-alcohol motifs (C(OH)–C–C–N with tert-alkyl or cyclic N) is 1. The van der Waals surface area contributed by atoms with E-state index in [-0.39, 0.29) is 65.9 Å². The summed E-state index contributed by atoms with van der Waals surface area (Å²) in [7, 11) is 3.74. The molecule has 4 aliphatic rings. The molecule has 25 nitrogen and oxygen atoms in total. The van der Waals surface area contributed by atoms with E-state index < -0.39 is 121 Å². The number of ether oxygens (including phenoxy) is 8. The van der Waals surface area contributed by atoms with E-state index in [1.807, 2.05) is 0 Å². The van der Waals surface area contributed by atoms with Gasteiger partial charge in [-0.15, -0.1) is 12.4 Å². The number of methoxy groups -OCH3 is 3. The first-order valence-corrected chi connectivity index (χ1v) is 35.2. The van der Waals surface area contributed by atoms with Gasteiger partial charge in [0.05, 0.1) is 84.7 Å². The van der Waals surface area contributed by atoms with Crippen LogP contribution in [0.3, 0.4) is 0 Å². The molecule has 582 valence electrons. The maximum Gasteiger partial charge on any atom is 0.411 e. The van der Waals surface area contributed by atoms with Crippen LogP contribution in [0.2, 0.25) is 10.3 Å². The summed E-state index contributed by atoms with van der Waals surface area (Å²) in [6, 6.07) is 24.4. The van der Waals surface area contributed by atoms with Gasteiger partial charge >= 0.3 is 44.6 Å². The monoisotopic (exact) mass is 1760 g/mol. The molecule has 39 heteroatoms. The van der Waals surface area contributed by atoms with E-state index in [0.29, 0.717) is 51.6 Å². The molecular weight excluding hydrogens is 1690 g/mol. The first-order chi connectivity index (χ1) is 49.7. The number of alkyl halides is 11. The molecule has 107 heavy (non-hydrogen) atoms. The van der Waals surface area contributed by atoms with Crippen LogP contribution in [0.15, 0.2) is 97.1 Å². The van der Waals surface area contributed by atoms with E-state index in [0.717, 1.165) is 13.2 Å². The van der Waals surface area contributed by atoms with Crippen LogP contribution in [0.1, 0.15) is 103 Å². The second kappa shape index (κ2) is 38.7. The van der Waals surface area contributed by atoms with Crippen LogP contribution < -0.4 is 14.8 Å². The van der Waals surface area contributed by atoms with Crippen molar-refractivity contribution < 1.29 is 102 Å². The highest BCUT2D eigenvalue weighted by Crippen LogP contribution is 2.42. The standard InChI is InChI=1S/C20H22BrF2N3O5.C15H14BrF2N3O3.C11H19NO5.C9H4BrClF2N2.C9H5ClF2N2.C4H8O.ClH/c1-19(2,3)31-18(28)26-10-11(9-14(26)17(27)29-4)30-16-15(20(21,22)23)24-12-7-5-6-8-13(12)25-16;1-23-14(22)11-6-8(7-19-11)24-13-12(15(16,17)18)20-9-4-2-3-5-10(9)21-13;1-11(2,3)17-10(15)12-6-7(13)5-8(12)9(14)16-4;10-9(12,13)7-8(11)15-6-4-2-1-3-5(6)14-7;10-8-7(9(11)12)13-5-3-1-2-4-6(5)14-8;1-2-4-5-3-1;/h5-8,11,14H,9-10H2,1-4H3;2-5,8,11,19H,6-7H2,1H3;7-8,13H,5-6H2,1-4H3;1-4H;1-4,9H;1-4H2;1H/t11-,14+;8-,11+;7-,8+;;;;/m111..../s1. The SMILES string of the molecule is C1CCOC1.COC(=O)[C@@H]1C[C@@H](O)CN1C(=O)OC(C)(C)C.COC(=O)[C@@H]1C[C@@H](Oc2nc3ccccc3nc2C(F)(F)Br)CN1.COC(=O)[C@@H]1C[C@@H](Oc2nc3ccccc3nc2C(F)(F)Br)CN1C(=O)OC(C)(C)C.Cl.FC(F)(Br)c1nc2ccccc2nc1Cl.FC(F)c1nc2ccccc2nc1Cl. The number of carbonyl (C=O) groups is 5. The highest BCUT2D eigenvalue weighted by molar-refractivity contribution is 9.09. The first kappa shape index (κ1) is 88.3. The lowest BCUT2D eigenvalue weighted by Crippen LogP contribution is -2.44. The maximum absolute atomic E-state index is 14.1. The summed E-state index contributed by atoms with van der Waals surface area (Å²) in [6.07, 6.45) is -2.98. The lowest BCUT2D eigenvalue weighted by molar-refractivity contribution is -0.146. The normalized spacial score (nSPS) is 18.5. The third-order valence-electron chi connectivity index (χ3n) is 14.9. The second-order valence-corrected chi connectivity index (χ2v) is 29.0. The molecule has 4 aliphatic heterocycles. The number of amides is 2. The van der Waals surface area contributed by atoms with Gasteiger partial charge in [0, 0.05) is 39.0 Å². The predicted octanol–water partition coefficient (Wildman–Crippen LogP) is 15.1. The number of aliphatic hydroxyl groups excluding tert-OH is 1.